The SMILES string of the molecule is [C-]#[N+]C(C#N)=C1C=C(C=Cc2ccc(N(C)c3ccccc3)cc2)OC(C)C1. The van der Waals surface area contributed by atoms with Crippen molar-refractivity contribution in [3.63, 3.8) is 0 Å². The van der Waals surface area contributed by atoms with Gasteiger partial charge < -0.3 is 9.64 Å². The van der Waals surface area contributed by atoms with Gasteiger partial charge in [0.2, 0.25) is 0 Å². The standard InChI is InChI=1S/C24H21N3O/c1-18-15-20(24(17-25)26-2)16-23(28-18)14-11-19-9-12-22(13-10-19)27(3)21-7-5-4-6-8-21/h4-14,16,18H,15H2,1,3H3. The molecule has 0 fully saturated rings. The molecule has 0 bridgehead atoms. The van der Waals surface area contributed by atoms with Gasteiger partial charge in [-0.15, -0.1) is 0 Å². The molecule has 0 saturated heterocycles. The monoisotopic (exact) mass is 367 g/mol. The predicted octanol–water partition coefficient (Wildman–Crippen LogP) is 5.86. The molecule has 1 atom stereocenters. The van der Waals surface area contributed by atoms with E-state index < -0.39 is 0 Å². The molecule has 0 aromatic heterocycles. The average molecular weight is 367 g/mol. The van der Waals surface area contributed by atoms with Crippen LogP contribution in [0.5, 0.6) is 0 Å². The number of anilines is 2. The van der Waals surface area contributed by atoms with Crippen LogP contribution in [-0.2, 0) is 4.74 Å². The van der Waals surface area contributed by atoms with Gasteiger partial charge in [0.15, 0.2) is 0 Å². The van der Waals surface area contributed by atoms with E-state index in [0.717, 1.165) is 22.5 Å². The lowest BCUT2D eigenvalue weighted by atomic mass is 10.0. The van der Waals surface area contributed by atoms with E-state index >= 15 is 0 Å². The summed E-state index contributed by atoms with van der Waals surface area (Å²) in [7, 11) is 2.04. The second-order valence-electron chi connectivity index (χ2n) is 6.60. The molecule has 1 unspecified atom stereocenters. The molecule has 1 aliphatic rings. The Morgan fingerprint density at radius 2 is 1.82 bits per heavy atom. The summed E-state index contributed by atoms with van der Waals surface area (Å²) in [5, 5.41) is 9.10. The first-order valence-corrected chi connectivity index (χ1v) is 9.06. The van der Waals surface area contributed by atoms with Crippen molar-refractivity contribution in [2.45, 2.75) is 19.4 Å². The van der Waals surface area contributed by atoms with Crippen molar-refractivity contribution in [3.8, 4) is 6.07 Å². The molecule has 0 N–H and O–H groups in total. The highest BCUT2D eigenvalue weighted by molar-refractivity contribution is 5.65. The fourth-order valence-electron chi connectivity index (χ4n) is 3.06. The molecule has 3 rings (SSSR count). The van der Waals surface area contributed by atoms with Crippen LogP contribution >= 0.6 is 0 Å². The number of para-hydroxylation sites is 1. The zero-order valence-corrected chi connectivity index (χ0v) is 16.0. The molecule has 1 heterocycles. The van der Waals surface area contributed by atoms with E-state index in [1.807, 2.05) is 50.4 Å². The maximum atomic E-state index is 9.10. The summed E-state index contributed by atoms with van der Waals surface area (Å²) in [6.07, 6.45) is 6.14. The largest absolute Gasteiger partial charge is 0.490 e. The summed E-state index contributed by atoms with van der Waals surface area (Å²) in [5.41, 5.74) is 4.15. The van der Waals surface area contributed by atoms with Gasteiger partial charge in [0, 0.05) is 24.8 Å². The molecule has 0 amide bonds. The highest BCUT2D eigenvalue weighted by Crippen LogP contribution is 2.27. The van der Waals surface area contributed by atoms with E-state index in [0.29, 0.717) is 12.2 Å². The van der Waals surface area contributed by atoms with Crippen molar-refractivity contribution < 1.29 is 4.74 Å². The Kier molecular flexibility index (Phi) is 5.94. The third-order valence-electron chi connectivity index (χ3n) is 4.55. The lowest BCUT2D eigenvalue weighted by Gasteiger charge is -2.22. The van der Waals surface area contributed by atoms with Gasteiger partial charge in [0.1, 0.15) is 5.76 Å². The third kappa shape index (κ3) is 4.50. The lowest BCUT2D eigenvalue weighted by Crippen LogP contribution is -2.13. The molecular formula is C24H21N3O. The summed E-state index contributed by atoms with van der Waals surface area (Å²) in [4.78, 5) is 5.44. The molecule has 0 aliphatic carbocycles. The van der Waals surface area contributed by atoms with Crippen molar-refractivity contribution in [2.24, 2.45) is 0 Å². The summed E-state index contributed by atoms with van der Waals surface area (Å²) >= 11 is 0. The topological polar surface area (TPSA) is 40.6 Å². The van der Waals surface area contributed by atoms with Gasteiger partial charge >= 0.3 is 0 Å². The van der Waals surface area contributed by atoms with Crippen molar-refractivity contribution in [3.05, 3.63) is 101 Å². The summed E-state index contributed by atoms with van der Waals surface area (Å²) in [6, 6.07) is 20.4. The van der Waals surface area contributed by atoms with E-state index in [-0.39, 0.29) is 11.8 Å². The van der Waals surface area contributed by atoms with Crippen molar-refractivity contribution >= 4 is 17.5 Å². The van der Waals surface area contributed by atoms with Crippen LogP contribution in [0.2, 0.25) is 0 Å². The Labute approximate surface area is 166 Å². The first-order valence-electron chi connectivity index (χ1n) is 9.06. The van der Waals surface area contributed by atoms with Gasteiger partial charge in [-0.1, -0.05) is 36.4 Å². The van der Waals surface area contributed by atoms with Crippen molar-refractivity contribution in [2.75, 3.05) is 11.9 Å². The second kappa shape index (κ2) is 8.75. The Hall–Kier alpha value is -3.76. The zero-order valence-electron chi connectivity index (χ0n) is 16.0. The van der Waals surface area contributed by atoms with E-state index in [4.69, 9.17) is 16.6 Å². The minimum atomic E-state index is -0.0633. The van der Waals surface area contributed by atoms with Gasteiger partial charge in [0.05, 0.1) is 18.7 Å². The number of benzene rings is 2. The number of hydrogen-bond donors (Lipinski definition) is 0. The molecule has 0 spiro atoms. The molecule has 0 saturated carbocycles. The van der Waals surface area contributed by atoms with Crippen LogP contribution in [0.4, 0.5) is 11.4 Å². The summed E-state index contributed by atoms with van der Waals surface area (Å²) in [6.45, 7) is 9.07. The quantitative estimate of drug-likeness (QED) is 0.502. The number of ether oxygens (including phenoxy) is 1. The number of allylic oxidation sites excluding steroid dienone is 3. The van der Waals surface area contributed by atoms with Gasteiger partial charge in [-0.25, -0.2) is 10.1 Å². The van der Waals surface area contributed by atoms with Crippen molar-refractivity contribution in [1.82, 2.24) is 0 Å². The molecule has 4 heteroatoms. The Balaban J connectivity index is 1.77. The van der Waals surface area contributed by atoms with Crippen LogP contribution in [0, 0.1) is 17.9 Å². The number of nitriles is 1. The van der Waals surface area contributed by atoms with Crippen molar-refractivity contribution in [1.29, 1.82) is 5.26 Å². The number of hydrogen-bond acceptors (Lipinski definition) is 3. The number of rotatable bonds is 4. The second-order valence-corrected chi connectivity index (χ2v) is 6.60. The fraction of sp³-hybridized carbons (Fsp3) is 0.167. The average Bonchev–Trinajstić information content (AvgIpc) is 2.73. The minimum absolute atomic E-state index is 0.0633. The van der Waals surface area contributed by atoms with E-state index in [9.17, 15) is 0 Å². The van der Waals surface area contributed by atoms with Crippen LogP contribution < -0.4 is 4.90 Å². The third-order valence-corrected chi connectivity index (χ3v) is 4.55. The van der Waals surface area contributed by atoms with Gasteiger partial charge in [-0.3, -0.25) is 0 Å². The highest BCUT2D eigenvalue weighted by Gasteiger charge is 2.17. The maximum absolute atomic E-state index is 9.10. The Bertz CT molecular complexity index is 987. The highest BCUT2D eigenvalue weighted by atomic mass is 16.5. The molecule has 0 radical (unpaired) electrons. The zero-order chi connectivity index (χ0) is 19.9. The van der Waals surface area contributed by atoms with E-state index in [2.05, 4.69) is 46.1 Å². The van der Waals surface area contributed by atoms with Crippen LogP contribution in [0.25, 0.3) is 10.9 Å². The predicted molar refractivity (Wildman–Crippen MR) is 112 cm³/mol. The molecule has 1 aliphatic heterocycles. The maximum Gasteiger partial charge on any atom is 0.265 e. The molecule has 28 heavy (non-hydrogen) atoms. The molecule has 4 nitrogen and oxygen atoms in total. The summed E-state index contributed by atoms with van der Waals surface area (Å²) in [5.74, 6) is 0.663. The lowest BCUT2D eigenvalue weighted by molar-refractivity contribution is 0.133. The van der Waals surface area contributed by atoms with Crippen LogP contribution in [0.3, 0.4) is 0 Å². The van der Waals surface area contributed by atoms with Gasteiger partial charge in [0.25, 0.3) is 5.70 Å². The van der Waals surface area contributed by atoms with Gasteiger partial charge in [-0.05, 0) is 54.5 Å². The van der Waals surface area contributed by atoms with Crippen LogP contribution in [0.15, 0.2) is 83.8 Å². The van der Waals surface area contributed by atoms with Gasteiger partial charge in [-0.2, -0.15) is 0 Å². The molecular weight excluding hydrogens is 346 g/mol. The fourth-order valence-corrected chi connectivity index (χ4v) is 3.06. The normalized spacial score (nSPS) is 17.9. The summed E-state index contributed by atoms with van der Waals surface area (Å²) < 4.78 is 5.82. The smallest absolute Gasteiger partial charge is 0.265 e. The van der Waals surface area contributed by atoms with E-state index in [1.165, 1.54) is 0 Å². The van der Waals surface area contributed by atoms with E-state index in [1.54, 1.807) is 6.08 Å². The molecule has 2 aromatic carbocycles. The first kappa shape index (κ1) is 19.0. The molecule has 2 aromatic rings. The van der Waals surface area contributed by atoms with Crippen LogP contribution in [0.1, 0.15) is 18.9 Å². The first-order chi connectivity index (χ1) is 13.6. The Morgan fingerprint density at radius 1 is 1.14 bits per heavy atom. The molecule has 138 valence electrons. The number of nitrogens with zero attached hydrogens (tertiary/aromatic N) is 3. The van der Waals surface area contributed by atoms with Crippen LogP contribution in [-0.4, -0.2) is 13.2 Å². The minimum Gasteiger partial charge on any atom is -0.490 e. The Morgan fingerprint density at radius 3 is 2.46 bits per heavy atom.